The number of benzene rings is 1. The number of amides is 1. The summed E-state index contributed by atoms with van der Waals surface area (Å²) in [5.41, 5.74) is 3.15. The van der Waals surface area contributed by atoms with Crippen molar-refractivity contribution in [2.75, 3.05) is 52.5 Å². The molecule has 1 amide bonds. The largest absolute Gasteiger partial charge is 0.379 e. The average molecular weight is 381 g/mol. The molecule has 0 aliphatic carbocycles. The molecule has 6 heteroatoms. The molecule has 0 spiro atoms. The number of hydrogen-bond acceptors (Lipinski definition) is 5. The van der Waals surface area contributed by atoms with Crippen molar-refractivity contribution in [1.29, 1.82) is 0 Å². The van der Waals surface area contributed by atoms with E-state index in [1.165, 1.54) is 5.56 Å². The van der Waals surface area contributed by atoms with E-state index < -0.39 is 0 Å². The maximum Gasteiger partial charge on any atom is 0.236 e. The Bertz CT molecular complexity index is 778. The van der Waals surface area contributed by atoms with Crippen LogP contribution in [0.4, 0.5) is 0 Å². The second-order valence-electron chi connectivity index (χ2n) is 7.30. The van der Waals surface area contributed by atoms with E-state index in [1.54, 1.807) is 0 Å². The first kappa shape index (κ1) is 19.1. The van der Waals surface area contributed by atoms with Gasteiger partial charge in [-0.3, -0.25) is 14.7 Å². The normalized spacial score (nSPS) is 20.9. The topological polar surface area (TPSA) is 54.9 Å². The molecular formula is C22H27N3O3. The number of rotatable bonds is 5. The summed E-state index contributed by atoms with van der Waals surface area (Å²) in [7, 11) is 0. The van der Waals surface area contributed by atoms with Crippen LogP contribution in [-0.4, -0.2) is 73.2 Å². The Balaban J connectivity index is 1.38. The summed E-state index contributed by atoms with van der Waals surface area (Å²) >= 11 is 0. The van der Waals surface area contributed by atoms with Crippen LogP contribution in [0.3, 0.4) is 0 Å². The van der Waals surface area contributed by atoms with E-state index in [0.717, 1.165) is 30.9 Å². The van der Waals surface area contributed by atoms with E-state index in [0.29, 0.717) is 39.5 Å². The zero-order chi connectivity index (χ0) is 19.2. The molecule has 0 N–H and O–H groups in total. The van der Waals surface area contributed by atoms with Gasteiger partial charge in [0.25, 0.3) is 0 Å². The Labute approximate surface area is 166 Å². The van der Waals surface area contributed by atoms with Gasteiger partial charge in [0.05, 0.1) is 38.6 Å². The third-order valence-electron chi connectivity index (χ3n) is 5.27. The molecule has 2 aliphatic rings. The molecule has 0 radical (unpaired) electrons. The smallest absolute Gasteiger partial charge is 0.236 e. The SMILES string of the molecule is O=C(CN1CCOCC1)N1CCO[C@H](c2cccc(Cc3ccccc3)n2)C1. The molecule has 3 heterocycles. The molecule has 0 bridgehead atoms. The Kier molecular flexibility index (Phi) is 6.31. The van der Waals surface area contributed by atoms with Gasteiger partial charge in [-0.15, -0.1) is 0 Å². The molecule has 1 aromatic carbocycles. The highest BCUT2D eigenvalue weighted by atomic mass is 16.5. The van der Waals surface area contributed by atoms with Gasteiger partial charge in [0.1, 0.15) is 6.10 Å². The van der Waals surface area contributed by atoms with E-state index in [4.69, 9.17) is 14.5 Å². The summed E-state index contributed by atoms with van der Waals surface area (Å²) in [6.45, 7) is 5.26. The lowest BCUT2D eigenvalue weighted by molar-refractivity contribution is -0.141. The first-order valence-electron chi connectivity index (χ1n) is 9.97. The lowest BCUT2D eigenvalue weighted by Gasteiger charge is -2.35. The number of carbonyl (C=O) groups is 1. The van der Waals surface area contributed by atoms with Crippen molar-refractivity contribution in [3.63, 3.8) is 0 Å². The van der Waals surface area contributed by atoms with Crippen molar-refractivity contribution in [2.45, 2.75) is 12.5 Å². The highest BCUT2D eigenvalue weighted by Crippen LogP contribution is 2.22. The zero-order valence-electron chi connectivity index (χ0n) is 16.1. The van der Waals surface area contributed by atoms with Gasteiger partial charge in [0, 0.05) is 31.7 Å². The minimum absolute atomic E-state index is 0.163. The quantitative estimate of drug-likeness (QED) is 0.792. The van der Waals surface area contributed by atoms with Crippen LogP contribution in [0.1, 0.15) is 23.1 Å². The van der Waals surface area contributed by atoms with Crippen LogP contribution in [0, 0.1) is 0 Å². The maximum atomic E-state index is 12.7. The van der Waals surface area contributed by atoms with Gasteiger partial charge in [-0.25, -0.2) is 0 Å². The third kappa shape index (κ3) is 4.95. The van der Waals surface area contributed by atoms with Crippen LogP contribution in [0.5, 0.6) is 0 Å². The lowest BCUT2D eigenvalue weighted by Crippen LogP contribution is -2.48. The fourth-order valence-electron chi connectivity index (χ4n) is 3.69. The molecule has 28 heavy (non-hydrogen) atoms. The minimum atomic E-state index is -0.168. The number of aromatic nitrogens is 1. The summed E-state index contributed by atoms with van der Waals surface area (Å²) in [6.07, 6.45) is 0.624. The molecule has 4 rings (SSSR count). The first-order valence-corrected chi connectivity index (χ1v) is 9.97. The van der Waals surface area contributed by atoms with Gasteiger partial charge in [-0.2, -0.15) is 0 Å². The van der Waals surface area contributed by atoms with Crippen LogP contribution < -0.4 is 0 Å². The predicted octanol–water partition coefficient (Wildman–Crippen LogP) is 1.90. The summed E-state index contributed by atoms with van der Waals surface area (Å²) < 4.78 is 11.3. The standard InChI is InChI=1S/C22H27N3O3/c26-22(17-24-9-12-27-13-10-24)25-11-14-28-21(16-25)20-8-4-7-19(23-20)15-18-5-2-1-3-6-18/h1-8,21H,9-17H2/t21-/m0/s1. The summed E-state index contributed by atoms with van der Waals surface area (Å²) in [5.74, 6) is 0.163. The molecule has 2 saturated heterocycles. The van der Waals surface area contributed by atoms with E-state index in [-0.39, 0.29) is 12.0 Å². The van der Waals surface area contributed by atoms with Gasteiger partial charge in [-0.1, -0.05) is 36.4 Å². The molecule has 6 nitrogen and oxygen atoms in total. The second-order valence-corrected chi connectivity index (χ2v) is 7.30. The van der Waals surface area contributed by atoms with Crippen molar-refractivity contribution in [2.24, 2.45) is 0 Å². The Hall–Kier alpha value is -2.28. The minimum Gasteiger partial charge on any atom is -0.379 e. The number of ether oxygens (including phenoxy) is 2. The van der Waals surface area contributed by atoms with Crippen molar-refractivity contribution in [1.82, 2.24) is 14.8 Å². The summed E-state index contributed by atoms with van der Waals surface area (Å²) in [5, 5.41) is 0. The highest BCUT2D eigenvalue weighted by Gasteiger charge is 2.27. The third-order valence-corrected chi connectivity index (χ3v) is 5.27. The molecule has 2 aromatic rings. The second kappa shape index (κ2) is 9.28. The molecule has 148 valence electrons. The van der Waals surface area contributed by atoms with Crippen LogP contribution >= 0.6 is 0 Å². The van der Waals surface area contributed by atoms with E-state index in [1.807, 2.05) is 41.3 Å². The fourth-order valence-corrected chi connectivity index (χ4v) is 3.69. The predicted molar refractivity (Wildman–Crippen MR) is 106 cm³/mol. The van der Waals surface area contributed by atoms with Crippen LogP contribution in [-0.2, 0) is 20.7 Å². The van der Waals surface area contributed by atoms with Gasteiger partial charge in [0.15, 0.2) is 0 Å². The van der Waals surface area contributed by atoms with Gasteiger partial charge in [0.2, 0.25) is 5.91 Å². The monoisotopic (exact) mass is 381 g/mol. The van der Waals surface area contributed by atoms with Crippen LogP contribution in [0.15, 0.2) is 48.5 Å². The molecule has 1 atom stereocenters. The average Bonchev–Trinajstić information content (AvgIpc) is 2.75. The van der Waals surface area contributed by atoms with Gasteiger partial charge in [-0.05, 0) is 17.7 Å². The number of pyridine rings is 1. The Morgan fingerprint density at radius 1 is 1.00 bits per heavy atom. The molecule has 0 unspecified atom stereocenters. The van der Waals surface area contributed by atoms with E-state index in [9.17, 15) is 4.79 Å². The summed E-state index contributed by atoms with van der Waals surface area (Å²) in [4.78, 5) is 21.6. The number of carbonyl (C=O) groups excluding carboxylic acids is 1. The fraction of sp³-hybridized carbons (Fsp3) is 0.455. The van der Waals surface area contributed by atoms with Crippen molar-refractivity contribution in [3.05, 3.63) is 65.5 Å². The summed E-state index contributed by atoms with van der Waals surface area (Å²) in [6, 6.07) is 16.4. The van der Waals surface area contributed by atoms with Gasteiger partial charge >= 0.3 is 0 Å². The van der Waals surface area contributed by atoms with Crippen molar-refractivity contribution in [3.8, 4) is 0 Å². The van der Waals surface area contributed by atoms with E-state index >= 15 is 0 Å². The van der Waals surface area contributed by atoms with Crippen LogP contribution in [0.2, 0.25) is 0 Å². The Morgan fingerprint density at radius 2 is 1.82 bits per heavy atom. The molecule has 2 fully saturated rings. The zero-order valence-corrected chi connectivity index (χ0v) is 16.1. The van der Waals surface area contributed by atoms with E-state index in [2.05, 4.69) is 17.0 Å². The van der Waals surface area contributed by atoms with Gasteiger partial charge < -0.3 is 14.4 Å². The lowest BCUT2D eigenvalue weighted by atomic mass is 10.1. The molecule has 1 aromatic heterocycles. The molecule has 2 aliphatic heterocycles. The highest BCUT2D eigenvalue weighted by molar-refractivity contribution is 5.78. The van der Waals surface area contributed by atoms with Crippen LogP contribution in [0.25, 0.3) is 0 Å². The number of nitrogens with zero attached hydrogens (tertiary/aromatic N) is 3. The van der Waals surface area contributed by atoms with Crippen molar-refractivity contribution >= 4 is 5.91 Å². The number of morpholine rings is 2. The first-order chi connectivity index (χ1) is 13.8. The number of hydrogen-bond donors (Lipinski definition) is 0. The maximum absolute atomic E-state index is 12.7. The van der Waals surface area contributed by atoms with Crippen molar-refractivity contribution < 1.29 is 14.3 Å². The molecular weight excluding hydrogens is 354 g/mol. The Morgan fingerprint density at radius 3 is 2.64 bits per heavy atom. The molecule has 0 saturated carbocycles.